The molecule has 0 fully saturated rings. The molecule has 0 aromatic heterocycles. The van der Waals surface area contributed by atoms with Gasteiger partial charge in [-0.2, -0.15) is 0 Å². The first-order valence-electron chi connectivity index (χ1n) is 7.48. The zero-order valence-electron chi connectivity index (χ0n) is 12.6. The third-order valence-corrected chi connectivity index (χ3v) is 5.03. The van der Waals surface area contributed by atoms with E-state index in [0.29, 0.717) is 21.2 Å². The Morgan fingerprint density at radius 1 is 1.17 bits per heavy atom. The zero-order chi connectivity index (χ0) is 17.3. The smallest absolute Gasteiger partial charge is 0.252 e. The number of carbonyl (C=O) groups is 2. The molecule has 2 unspecified atom stereocenters. The summed E-state index contributed by atoms with van der Waals surface area (Å²) in [6.45, 7) is -0.129. The molecule has 0 radical (unpaired) electrons. The van der Waals surface area contributed by atoms with Crippen LogP contribution in [0.2, 0.25) is 10.0 Å². The molecule has 2 aromatic carbocycles. The first-order valence-corrected chi connectivity index (χ1v) is 8.24. The highest BCUT2D eigenvalue weighted by Gasteiger charge is 2.35. The zero-order valence-corrected chi connectivity index (χ0v) is 14.1. The summed E-state index contributed by atoms with van der Waals surface area (Å²) in [4.78, 5) is 23.5. The molecule has 2 atom stereocenters. The summed E-state index contributed by atoms with van der Waals surface area (Å²) in [6, 6.07) is 10.2. The monoisotopic (exact) mass is 363 g/mol. The first kappa shape index (κ1) is 17.0. The van der Waals surface area contributed by atoms with Crippen molar-refractivity contribution >= 4 is 35.4 Å². The number of nitrogens with one attached hydrogen (secondary N) is 1. The number of carbonyl (C=O) groups excluding carboxylic acids is 2. The van der Waals surface area contributed by atoms with E-state index in [1.54, 1.807) is 24.3 Å². The number of halogens is 2. The van der Waals surface area contributed by atoms with Gasteiger partial charge in [-0.1, -0.05) is 41.4 Å². The van der Waals surface area contributed by atoms with E-state index < -0.39 is 0 Å². The lowest BCUT2D eigenvalue weighted by molar-refractivity contribution is -0.108. The fourth-order valence-corrected chi connectivity index (χ4v) is 3.40. The van der Waals surface area contributed by atoms with E-state index in [1.807, 2.05) is 12.1 Å². The van der Waals surface area contributed by atoms with Gasteiger partial charge < -0.3 is 15.2 Å². The molecule has 1 aliphatic rings. The fraction of sp³-hybridized carbons (Fsp3) is 0.222. The van der Waals surface area contributed by atoms with Gasteiger partial charge in [0.15, 0.2) is 0 Å². The normalized spacial score (nSPS) is 17.3. The van der Waals surface area contributed by atoms with Crippen LogP contribution >= 0.6 is 23.2 Å². The van der Waals surface area contributed by atoms with Gasteiger partial charge in [0.1, 0.15) is 6.29 Å². The van der Waals surface area contributed by atoms with E-state index in [4.69, 9.17) is 23.2 Å². The molecule has 124 valence electrons. The van der Waals surface area contributed by atoms with Crippen molar-refractivity contribution in [3.63, 3.8) is 0 Å². The minimum Gasteiger partial charge on any atom is -0.392 e. The third-order valence-electron chi connectivity index (χ3n) is 4.29. The Morgan fingerprint density at radius 3 is 2.62 bits per heavy atom. The van der Waals surface area contributed by atoms with Gasteiger partial charge >= 0.3 is 0 Å². The van der Waals surface area contributed by atoms with Crippen molar-refractivity contribution in [3.8, 4) is 0 Å². The Kier molecular flexibility index (Phi) is 4.90. The summed E-state index contributed by atoms with van der Waals surface area (Å²) in [5.74, 6) is -0.455. The lowest BCUT2D eigenvalue weighted by Crippen LogP contribution is -2.25. The topological polar surface area (TPSA) is 66.4 Å². The van der Waals surface area contributed by atoms with E-state index in [1.165, 1.54) is 0 Å². The van der Waals surface area contributed by atoms with Gasteiger partial charge in [-0.05, 0) is 34.9 Å². The quantitative estimate of drug-likeness (QED) is 0.796. The summed E-state index contributed by atoms with van der Waals surface area (Å²) in [7, 11) is 0. The van der Waals surface area contributed by atoms with Crippen LogP contribution in [0.4, 0.5) is 0 Å². The van der Waals surface area contributed by atoms with Crippen LogP contribution in [0.25, 0.3) is 0 Å². The molecule has 0 bridgehead atoms. The molecule has 4 nitrogen and oxygen atoms in total. The van der Waals surface area contributed by atoms with Crippen LogP contribution < -0.4 is 5.32 Å². The number of hydrogen-bond acceptors (Lipinski definition) is 3. The van der Waals surface area contributed by atoms with Gasteiger partial charge in [0.2, 0.25) is 0 Å². The summed E-state index contributed by atoms with van der Waals surface area (Å²) in [5.41, 5.74) is 2.85. The lowest BCUT2D eigenvalue weighted by atomic mass is 9.85. The van der Waals surface area contributed by atoms with Crippen LogP contribution in [-0.4, -0.2) is 17.3 Å². The highest BCUT2D eigenvalue weighted by Crippen LogP contribution is 2.40. The molecule has 1 amide bonds. The number of aliphatic hydroxyl groups is 1. The molecular formula is C18H15Cl2NO3. The van der Waals surface area contributed by atoms with Gasteiger partial charge in [-0.25, -0.2) is 0 Å². The Labute approximate surface area is 149 Å². The molecule has 0 aliphatic carbocycles. The van der Waals surface area contributed by atoms with E-state index >= 15 is 0 Å². The number of fused-ring (bicyclic) bond motifs is 1. The van der Waals surface area contributed by atoms with Crippen LogP contribution in [-0.2, 0) is 11.4 Å². The first-order chi connectivity index (χ1) is 11.5. The van der Waals surface area contributed by atoms with Crippen LogP contribution in [0.5, 0.6) is 0 Å². The Bertz CT molecular complexity index is 807. The average Bonchev–Trinajstić information content (AvgIpc) is 2.91. The minimum atomic E-state index is -0.331. The van der Waals surface area contributed by atoms with Gasteiger partial charge in [0.05, 0.1) is 22.7 Å². The van der Waals surface area contributed by atoms with Crippen LogP contribution in [0.15, 0.2) is 36.4 Å². The molecule has 2 N–H and O–H groups in total. The molecule has 1 aliphatic heterocycles. The molecular weight excluding hydrogens is 349 g/mol. The lowest BCUT2D eigenvalue weighted by Gasteiger charge is -2.23. The van der Waals surface area contributed by atoms with E-state index in [2.05, 4.69) is 5.32 Å². The van der Waals surface area contributed by atoms with Crippen molar-refractivity contribution in [3.05, 3.63) is 68.7 Å². The number of aldehydes is 1. The van der Waals surface area contributed by atoms with Gasteiger partial charge in [0.25, 0.3) is 5.91 Å². The van der Waals surface area contributed by atoms with Crippen molar-refractivity contribution in [1.29, 1.82) is 0 Å². The second-order valence-corrected chi connectivity index (χ2v) is 6.53. The van der Waals surface area contributed by atoms with E-state index in [-0.39, 0.29) is 30.9 Å². The largest absolute Gasteiger partial charge is 0.392 e. The summed E-state index contributed by atoms with van der Waals surface area (Å²) in [5, 5.41) is 13.0. The molecule has 24 heavy (non-hydrogen) atoms. The van der Waals surface area contributed by atoms with Gasteiger partial charge in [0, 0.05) is 17.9 Å². The molecule has 3 rings (SSSR count). The number of amides is 1. The Morgan fingerprint density at radius 2 is 1.96 bits per heavy atom. The summed E-state index contributed by atoms with van der Waals surface area (Å²) < 4.78 is 0. The fourth-order valence-electron chi connectivity index (χ4n) is 3.10. The third kappa shape index (κ3) is 3.05. The van der Waals surface area contributed by atoms with Crippen molar-refractivity contribution < 1.29 is 14.7 Å². The molecule has 1 heterocycles. The number of rotatable bonds is 5. The molecule has 6 heteroatoms. The molecule has 0 spiro atoms. The van der Waals surface area contributed by atoms with Crippen molar-refractivity contribution in [2.24, 2.45) is 0 Å². The number of benzene rings is 2. The van der Waals surface area contributed by atoms with Crippen molar-refractivity contribution in [2.45, 2.75) is 25.0 Å². The maximum Gasteiger partial charge on any atom is 0.252 e. The predicted molar refractivity (Wildman–Crippen MR) is 92.5 cm³/mol. The Balaban J connectivity index is 2.03. The maximum atomic E-state index is 12.3. The van der Waals surface area contributed by atoms with Crippen LogP contribution in [0.1, 0.15) is 45.4 Å². The van der Waals surface area contributed by atoms with E-state index in [0.717, 1.165) is 17.4 Å². The van der Waals surface area contributed by atoms with Crippen LogP contribution in [0, 0.1) is 0 Å². The molecule has 0 saturated heterocycles. The second-order valence-electron chi connectivity index (χ2n) is 5.71. The number of hydrogen-bond donors (Lipinski definition) is 2. The highest BCUT2D eigenvalue weighted by atomic mass is 35.5. The maximum absolute atomic E-state index is 12.3. The SMILES string of the molecule is O=CCC(c1ccc(Cl)c(Cl)c1)C1NC(=O)c2cc(CO)ccc21. The summed E-state index contributed by atoms with van der Waals surface area (Å²) >= 11 is 12.1. The number of aliphatic hydroxyl groups excluding tert-OH is 1. The van der Waals surface area contributed by atoms with E-state index in [9.17, 15) is 14.7 Å². The van der Waals surface area contributed by atoms with Crippen LogP contribution in [0.3, 0.4) is 0 Å². The minimum absolute atomic E-state index is 0.129. The standard InChI is InChI=1S/C18H15Cl2NO3/c19-15-4-2-11(8-16(15)20)12(5-6-22)17-13-3-1-10(9-23)7-14(13)18(24)21-17/h1-4,6-8,12,17,23H,5,9H2,(H,21,24). The van der Waals surface area contributed by atoms with Gasteiger partial charge in [-0.15, -0.1) is 0 Å². The van der Waals surface area contributed by atoms with Gasteiger partial charge in [-0.3, -0.25) is 4.79 Å². The van der Waals surface area contributed by atoms with Crippen molar-refractivity contribution in [2.75, 3.05) is 0 Å². The second kappa shape index (κ2) is 6.93. The highest BCUT2D eigenvalue weighted by molar-refractivity contribution is 6.42. The Hall–Kier alpha value is -1.88. The molecule has 0 saturated carbocycles. The average molecular weight is 364 g/mol. The molecule has 2 aromatic rings. The summed E-state index contributed by atoms with van der Waals surface area (Å²) in [6.07, 6.45) is 1.07. The predicted octanol–water partition coefficient (Wildman–Crippen LogP) is 3.64. The van der Waals surface area contributed by atoms with Crippen molar-refractivity contribution in [1.82, 2.24) is 5.32 Å².